The van der Waals surface area contributed by atoms with Crippen molar-refractivity contribution in [2.24, 2.45) is 0 Å². The maximum Gasteiger partial charge on any atom is 0.0732 e. The Morgan fingerprint density at radius 1 is 0.365 bits per heavy atom. The van der Waals surface area contributed by atoms with Crippen LogP contribution in [0, 0.1) is 13.8 Å². The number of fused-ring (bicyclic) bond motifs is 17. The van der Waals surface area contributed by atoms with Gasteiger partial charge in [-0.25, -0.2) is 0 Å². The molecule has 0 radical (unpaired) electrons. The number of anilines is 3. The second-order valence-corrected chi connectivity index (χ2v) is 14.6. The molecule has 2 aliphatic carbocycles. The summed E-state index contributed by atoms with van der Waals surface area (Å²) in [5, 5.41) is 7.75. The quantitative estimate of drug-likeness (QED) is 0.170. The first-order chi connectivity index (χ1) is 25.6. The smallest absolute Gasteiger partial charge is 0.0732 e. The molecule has 0 unspecified atom stereocenters. The van der Waals surface area contributed by atoms with E-state index < -0.39 is 5.41 Å². The molecule has 11 rings (SSSR count). The van der Waals surface area contributed by atoms with Crippen LogP contribution in [0.2, 0.25) is 0 Å². The van der Waals surface area contributed by atoms with E-state index in [-0.39, 0.29) is 0 Å². The SMILES string of the molecule is Cc1cc(C)cc(N(c2ccccc2)c2cc3c(c4ccccc24)-c2c(c4ccccc4c4ccccc24)C32c3ccccc3-c3ccccc32)c1. The van der Waals surface area contributed by atoms with E-state index in [1.165, 1.54) is 99.3 Å². The molecule has 0 bridgehead atoms. The number of rotatable bonds is 3. The van der Waals surface area contributed by atoms with Gasteiger partial charge in [-0.3, -0.25) is 0 Å². The molecule has 0 fully saturated rings. The molecule has 0 atom stereocenters. The van der Waals surface area contributed by atoms with Gasteiger partial charge in [-0.2, -0.15) is 0 Å². The second kappa shape index (κ2) is 10.8. The highest BCUT2D eigenvalue weighted by Crippen LogP contribution is 2.67. The Hall–Kier alpha value is -6.44. The van der Waals surface area contributed by atoms with E-state index in [2.05, 4.69) is 195 Å². The molecule has 0 heterocycles. The first-order valence-corrected chi connectivity index (χ1v) is 18.3. The Bertz CT molecular complexity index is 2870. The predicted molar refractivity (Wildman–Crippen MR) is 219 cm³/mol. The lowest BCUT2D eigenvalue weighted by molar-refractivity contribution is 0.802. The normalized spacial score (nSPS) is 13.3. The molecule has 0 saturated heterocycles. The van der Waals surface area contributed by atoms with E-state index in [1.54, 1.807) is 0 Å². The number of hydrogen-bond donors (Lipinski definition) is 0. The van der Waals surface area contributed by atoms with Gasteiger partial charge in [0.25, 0.3) is 0 Å². The minimum absolute atomic E-state index is 0.523. The Kier molecular flexibility index (Phi) is 6.08. The van der Waals surface area contributed by atoms with Crippen LogP contribution in [0.25, 0.3) is 54.6 Å². The third-order valence-corrected chi connectivity index (χ3v) is 11.7. The van der Waals surface area contributed by atoms with Gasteiger partial charge in [0, 0.05) is 16.8 Å². The van der Waals surface area contributed by atoms with Crippen LogP contribution in [-0.2, 0) is 5.41 Å². The second-order valence-electron chi connectivity index (χ2n) is 14.6. The lowest BCUT2D eigenvalue weighted by atomic mass is 9.69. The van der Waals surface area contributed by atoms with Crippen LogP contribution in [0.3, 0.4) is 0 Å². The molecule has 0 saturated carbocycles. The lowest BCUT2D eigenvalue weighted by Crippen LogP contribution is -2.26. The fourth-order valence-electron chi connectivity index (χ4n) is 9.91. The monoisotopic (exact) mass is 661 g/mol. The fraction of sp³-hybridized carbons (Fsp3) is 0.0588. The van der Waals surface area contributed by atoms with E-state index in [4.69, 9.17) is 0 Å². The maximum absolute atomic E-state index is 2.56. The van der Waals surface area contributed by atoms with Crippen LogP contribution in [0.4, 0.5) is 17.1 Å². The van der Waals surface area contributed by atoms with Crippen LogP contribution in [0.5, 0.6) is 0 Å². The fourth-order valence-corrected chi connectivity index (χ4v) is 9.91. The van der Waals surface area contributed by atoms with Gasteiger partial charge < -0.3 is 4.90 Å². The van der Waals surface area contributed by atoms with Gasteiger partial charge in [0.05, 0.1) is 11.1 Å². The van der Waals surface area contributed by atoms with Gasteiger partial charge in [0.15, 0.2) is 0 Å². The summed E-state index contributed by atoms with van der Waals surface area (Å²) in [7, 11) is 0. The highest BCUT2D eigenvalue weighted by atomic mass is 15.1. The summed E-state index contributed by atoms with van der Waals surface area (Å²) in [5.74, 6) is 0. The average Bonchev–Trinajstić information content (AvgIpc) is 3.66. The molecule has 0 aliphatic heterocycles. The lowest BCUT2D eigenvalue weighted by Gasteiger charge is -2.34. The van der Waals surface area contributed by atoms with Gasteiger partial charge >= 0.3 is 0 Å². The molecule has 1 heteroatoms. The van der Waals surface area contributed by atoms with Crippen LogP contribution < -0.4 is 4.90 Å². The Morgan fingerprint density at radius 2 is 0.846 bits per heavy atom. The zero-order valence-corrected chi connectivity index (χ0v) is 29.2. The summed E-state index contributed by atoms with van der Waals surface area (Å²) in [6, 6.07) is 66.0. The van der Waals surface area contributed by atoms with Crippen molar-refractivity contribution in [3.8, 4) is 22.3 Å². The Balaban J connectivity index is 1.39. The van der Waals surface area contributed by atoms with Crippen molar-refractivity contribution in [1.82, 2.24) is 0 Å². The van der Waals surface area contributed by atoms with Gasteiger partial charge in [-0.15, -0.1) is 0 Å². The van der Waals surface area contributed by atoms with Crippen LogP contribution in [0.15, 0.2) is 176 Å². The van der Waals surface area contributed by atoms with Crippen molar-refractivity contribution >= 4 is 49.4 Å². The Labute approximate surface area is 304 Å². The predicted octanol–water partition coefficient (Wildman–Crippen LogP) is 13.6. The number of benzene rings is 9. The third-order valence-electron chi connectivity index (χ3n) is 11.7. The standard InChI is InChI=1S/C51H35N/c1-32-28-33(2)30-35(29-32)52(34-16-4-3-5-17-34)47-31-46-48(42-24-10-8-22-40(42)47)49-41-23-9-6-18-36(41)37-19-7-11-25-43(37)50(49)51(46)44-26-14-12-20-38(44)39-21-13-15-27-45(39)51/h3-31H,1-2H3. The number of nitrogens with zero attached hydrogens (tertiary/aromatic N) is 1. The number of hydrogen-bond acceptors (Lipinski definition) is 1. The summed E-state index contributed by atoms with van der Waals surface area (Å²) in [6.45, 7) is 4.41. The molecular formula is C51H35N. The van der Waals surface area contributed by atoms with Crippen molar-refractivity contribution in [3.63, 3.8) is 0 Å². The molecule has 0 N–H and O–H groups in total. The molecule has 9 aromatic carbocycles. The van der Waals surface area contributed by atoms with Crippen LogP contribution in [-0.4, -0.2) is 0 Å². The summed E-state index contributed by atoms with van der Waals surface area (Å²) in [6.07, 6.45) is 0. The van der Waals surface area contributed by atoms with E-state index >= 15 is 0 Å². The molecule has 1 nitrogen and oxygen atoms in total. The third kappa shape index (κ3) is 3.78. The van der Waals surface area contributed by atoms with E-state index in [0.29, 0.717) is 0 Å². The van der Waals surface area contributed by atoms with E-state index in [9.17, 15) is 0 Å². The highest BCUT2D eigenvalue weighted by molar-refractivity contribution is 6.24. The molecule has 52 heavy (non-hydrogen) atoms. The van der Waals surface area contributed by atoms with Gasteiger partial charge in [0.1, 0.15) is 0 Å². The summed E-state index contributed by atoms with van der Waals surface area (Å²) < 4.78 is 0. The first-order valence-electron chi connectivity index (χ1n) is 18.3. The van der Waals surface area contributed by atoms with Gasteiger partial charge in [-0.05, 0) is 127 Å². The molecule has 9 aromatic rings. The summed E-state index contributed by atoms with van der Waals surface area (Å²) >= 11 is 0. The number of para-hydroxylation sites is 1. The van der Waals surface area contributed by atoms with Crippen molar-refractivity contribution in [2.45, 2.75) is 19.3 Å². The molecule has 2 aliphatic rings. The highest BCUT2D eigenvalue weighted by Gasteiger charge is 2.53. The van der Waals surface area contributed by atoms with E-state index in [1.807, 2.05) is 0 Å². The molecule has 0 amide bonds. The van der Waals surface area contributed by atoms with Crippen LogP contribution >= 0.6 is 0 Å². The summed E-state index contributed by atoms with van der Waals surface area (Å²) in [4.78, 5) is 2.49. The number of aryl methyl sites for hydroxylation is 2. The Morgan fingerprint density at radius 3 is 1.48 bits per heavy atom. The molecular weight excluding hydrogens is 627 g/mol. The minimum atomic E-state index is -0.523. The van der Waals surface area contributed by atoms with Crippen molar-refractivity contribution in [3.05, 3.63) is 209 Å². The van der Waals surface area contributed by atoms with Gasteiger partial charge in [-0.1, -0.05) is 146 Å². The molecule has 244 valence electrons. The van der Waals surface area contributed by atoms with Crippen molar-refractivity contribution in [2.75, 3.05) is 4.90 Å². The first kappa shape index (κ1) is 29.3. The largest absolute Gasteiger partial charge is 0.310 e. The minimum Gasteiger partial charge on any atom is -0.310 e. The zero-order valence-electron chi connectivity index (χ0n) is 29.2. The van der Waals surface area contributed by atoms with Gasteiger partial charge in [0.2, 0.25) is 0 Å². The molecule has 0 aromatic heterocycles. The topological polar surface area (TPSA) is 3.24 Å². The van der Waals surface area contributed by atoms with Crippen molar-refractivity contribution in [1.29, 1.82) is 0 Å². The van der Waals surface area contributed by atoms with E-state index in [0.717, 1.165) is 5.69 Å². The zero-order chi connectivity index (χ0) is 34.6. The van der Waals surface area contributed by atoms with Crippen LogP contribution in [0.1, 0.15) is 33.4 Å². The average molecular weight is 662 g/mol. The van der Waals surface area contributed by atoms with Crippen molar-refractivity contribution < 1.29 is 0 Å². The maximum atomic E-state index is 2.56. The molecule has 1 spiro atoms. The summed E-state index contributed by atoms with van der Waals surface area (Å²) in [5.41, 5.74) is 16.3.